The van der Waals surface area contributed by atoms with Crippen molar-refractivity contribution in [2.75, 3.05) is 5.32 Å². The van der Waals surface area contributed by atoms with Gasteiger partial charge in [0.05, 0.1) is 17.4 Å². The minimum atomic E-state index is -1.01. The lowest BCUT2D eigenvalue weighted by Gasteiger charge is -2.01. The maximum atomic E-state index is 11.0. The van der Waals surface area contributed by atoms with Gasteiger partial charge in [0.1, 0.15) is 0 Å². The topological polar surface area (TPSA) is 101 Å². The molecule has 0 saturated carbocycles. The number of aromatic amines is 1. The molecule has 6 nitrogen and oxygen atoms in total. The molecular weight excluding hydrogens is 196 g/mol. The first kappa shape index (κ1) is 9.20. The van der Waals surface area contributed by atoms with Crippen LogP contribution in [0.2, 0.25) is 0 Å². The molecule has 1 heterocycles. The SMILES string of the molecule is NC(=O)C(=O)Nc1ccc2nc[nH]c2c1. The molecule has 1 aromatic heterocycles. The van der Waals surface area contributed by atoms with Crippen LogP contribution in [0.5, 0.6) is 0 Å². The van der Waals surface area contributed by atoms with E-state index in [1.807, 2.05) is 0 Å². The highest BCUT2D eigenvalue weighted by Crippen LogP contribution is 2.15. The summed E-state index contributed by atoms with van der Waals surface area (Å²) in [5.41, 5.74) is 6.86. The summed E-state index contributed by atoms with van der Waals surface area (Å²) in [6.07, 6.45) is 1.55. The molecule has 2 rings (SSSR count). The van der Waals surface area contributed by atoms with Crippen molar-refractivity contribution >= 4 is 28.5 Å². The fourth-order valence-electron chi connectivity index (χ4n) is 1.21. The van der Waals surface area contributed by atoms with Gasteiger partial charge < -0.3 is 16.0 Å². The quantitative estimate of drug-likeness (QED) is 0.569. The van der Waals surface area contributed by atoms with E-state index in [0.29, 0.717) is 5.69 Å². The van der Waals surface area contributed by atoms with Crippen LogP contribution in [0.15, 0.2) is 24.5 Å². The molecule has 0 radical (unpaired) electrons. The molecule has 2 amide bonds. The van der Waals surface area contributed by atoms with E-state index in [9.17, 15) is 9.59 Å². The first-order valence-corrected chi connectivity index (χ1v) is 4.21. The van der Waals surface area contributed by atoms with E-state index in [2.05, 4.69) is 15.3 Å². The molecule has 0 aliphatic carbocycles. The summed E-state index contributed by atoms with van der Waals surface area (Å²) in [5, 5.41) is 2.36. The van der Waals surface area contributed by atoms with Crippen LogP contribution in [-0.2, 0) is 9.59 Å². The van der Waals surface area contributed by atoms with Gasteiger partial charge in [-0.2, -0.15) is 0 Å². The molecule has 0 fully saturated rings. The summed E-state index contributed by atoms with van der Waals surface area (Å²) in [5.74, 6) is -1.85. The second kappa shape index (κ2) is 3.41. The standard InChI is InChI=1S/C9H8N4O2/c10-8(14)9(15)13-5-1-2-6-7(3-5)12-4-11-6/h1-4H,(H2,10,14)(H,11,12)(H,13,15). The molecule has 0 bridgehead atoms. The van der Waals surface area contributed by atoms with Crippen LogP contribution < -0.4 is 11.1 Å². The van der Waals surface area contributed by atoms with E-state index >= 15 is 0 Å². The van der Waals surface area contributed by atoms with E-state index < -0.39 is 11.8 Å². The van der Waals surface area contributed by atoms with Gasteiger partial charge in [0, 0.05) is 5.69 Å². The molecular formula is C9H8N4O2. The molecule has 2 aromatic rings. The number of aromatic nitrogens is 2. The summed E-state index contributed by atoms with van der Waals surface area (Å²) in [7, 11) is 0. The summed E-state index contributed by atoms with van der Waals surface area (Å²) < 4.78 is 0. The zero-order valence-corrected chi connectivity index (χ0v) is 7.65. The Labute approximate surface area is 84.5 Å². The number of fused-ring (bicyclic) bond motifs is 1. The number of anilines is 1. The lowest BCUT2D eigenvalue weighted by atomic mass is 10.2. The van der Waals surface area contributed by atoms with Crippen LogP contribution in [0.25, 0.3) is 11.0 Å². The lowest BCUT2D eigenvalue weighted by molar-refractivity contribution is -0.134. The number of imidazole rings is 1. The predicted octanol–water partition coefficient (Wildman–Crippen LogP) is -0.0133. The number of benzene rings is 1. The number of hydrogen-bond donors (Lipinski definition) is 3. The van der Waals surface area contributed by atoms with Gasteiger partial charge in [-0.3, -0.25) is 9.59 Å². The van der Waals surface area contributed by atoms with Gasteiger partial charge >= 0.3 is 11.8 Å². The van der Waals surface area contributed by atoms with Gasteiger partial charge in [-0.25, -0.2) is 4.98 Å². The van der Waals surface area contributed by atoms with E-state index in [1.165, 1.54) is 0 Å². The van der Waals surface area contributed by atoms with Gasteiger partial charge in [0.2, 0.25) is 0 Å². The smallest absolute Gasteiger partial charge is 0.313 e. The van der Waals surface area contributed by atoms with Crippen LogP contribution in [0.3, 0.4) is 0 Å². The van der Waals surface area contributed by atoms with E-state index in [4.69, 9.17) is 5.73 Å². The molecule has 15 heavy (non-hydrogen) atoms. The molecule has 0 saturated heterocycles. The number of carbonyl (C=O) groups is 2. The zero-order valence-electron chi connectivity index (χ0n) is 7.65. The molecule has 4 N–H and O–H groups in total. The Morgan fingerprint density at radius 3 is 2.93 bits per heavy atom. The van der Waals surface area contributed by atoms with Gasteiger partial charge in [0.25, 0.3) is 0 Å². The summed E-state index contributed by atoms with van der Waals surface area (Å²) in [6, 6.07) is 5.04. The second-order valence-corrected chi connectivity index (χ2v) is 2.95. The Hall–Kier alpha value is -2.37. The monoisotopic (exact) mass is 204 g/mol. The average Bonchev–Trinajstić information content (AvgIpc) is 2.64. The molecule has 0 atom stereocenters. The number of carbonyl (C=O) groups excluding carboxylic acids is 2. The molecule has 6 heteroatoms. The van der Waals surface area contributed by atoms with Crippen LogP contribution in [0.4, 0.5) is 5.69 Å². The Kier molecular flexibility index (Phi) is 2.09. The molecule has 0 aliphatic heterocycles. The number of rotatable bonds is 1. The van der Waals surface area contributed by atoms with Crippen molar-refractivity contribution in [3.8, 4) is 0 Å². The lowest BCUT2D eigenvalue weighted by Crippen LogP contribution is -2.29. The predicted molar refractivity (Wildman–Crippen MR) is 53.9 cm³/mol. The summed E-state index contributed by atoms with van der Waals surface area (Å²) in [6.45, 7) is 0. The van der Waals surface area contributed by atoms with Gasteiger partial charge in [-0.05, 0) is 18.2 Å². The zero-order chi connectivity index (χ0) is 10.8. The minimum absolute atomic E-state index is 0.496. The van der Waals surface area contributed by atoms with Crippen LogP contribution >= 0.6 is 0 Å². The number of nitrogens with two attached hydrogens (primary N) is 1. The third-order valence-corrected chi connectivity index (χ3v) is 1.90. The van der Waals surface area contributed by atoms with Crippen LogP contribution in [-0.4, -0.2) is 21.8 Å². The largest absolute Gasteiger partial charge is 0.361 e. The highest BCUT2D eigenvalue weighted by atomic mass is 16.2. The maximum Gasteiger partial charge on any atom is 0.313 e. The number of H-pyrrole nitrogens is 1. The molecule has 0 spiro atoms. The van der Waals surface area contributed by atoms with Crippen molar-refractivity contribution in [2.45, 2.75) is 0 Å². The third-order valence-electron chi connectivity index (χ3n) is 1.90. The van der Waals surface area contributed by atoms with Crippen molar-refractivity contribution in [3.05, 3.63) is 24.5 Å². The first-order valence-electron chi connectivity index (χ1n) is 4.21. The van der Waals surface area contributed by atoms with Crippen molar-refractivity contribution < 1.29 is 9.59 Å². The van der Waals surface area contributed by atoms with Gasteiger partial charge in [0.15, 0.2) is 0 Å². The van der Waals surface area contributed by atoms with Crippen LogP contribution in [0, 0.1) is 0 Å². The summed E-state index contributed by atoms with van der Waals surface area (Å²) in [4.78, 5) is 28.4. The Morgan fingerprint density at radius 2 is 2.20 bits per heavy atom. The Balaban J connectivity index is 2.28. The van der Waals surface area contributed by atoms with Gasteiger partial charge in [-0.15, -0.1) is 0 Å². The summed E-state index contributed by atoms with van der Waals surface area (Å²) >= 11 is 0. The molecule has 0 unspecified atom stereocenters. The third kappa shape index (κ3) is 1.78. The van der Waals surface area contributed by atoms with Crippen molar-refractivity contribution in [2.24, 2.45) is 5.73 Å². The fourth-order valence-corrected chi connectivity index (χ4v) is 1.21. The average molecular weight is 204 g/mol. The second-order valence-electron chi connectivity index (χ2n) is 2.95. The Morgan fingerprint density at radius 1 is 1.40 bits per heavy atom. The first-order chi connectivity index (χ1) is 7.16. The molecule has 0 aliphatic rings. The molecule has 1 aromatic carbocycles. The normalized spacial score (nSPS) is 10.1. The van der Waals surface area contributed by atoms with Crippen LogP contribution in [0.1, 0.15) is 0 Å². The van der Waals surface area contributed by atoms with Crippen molar-refractivity contribution in [1.29, 1.82) is 0 Å². The minimum Gasteiger partial charge on any atom is -0.361 e. The van der Waals surface area contributed by atoms with E-state index in [1.54, 1.807) is 24.5 Å². The van der Waals surface area contributed by atoms with E-state index in [0.717, 1.165) is 11.0 Å². The van der Waals surface area contributed by atoms with Crippen molar-refractivity contribution in [1.82, 2.24) is 9.97 Å². The Bertz CT molecular complexity index is 532. The number of hydrogen-bond acceptors (Lipinski definition) is 3. The number of nitrogens with zero attached hydrogens (tertiary/aromatic N) is 1. The van der Waals surface area contributed by atoms with Gasteiger partial charge in [-0.1, -0.05) is 0 Å². The fraction of sp³-hybridized carbons (Fsp3) is 0. The number of primary amides is 1. The van der Waals surface area contributed by atoms with E-state index in [-0.39, 0.29) is 0 Å². The molecule has 76 valence electrons. The maximum absolute atomic E-state index is 11.0. The number of amides is 2. The highest BCUT2D eigenvalue weighted by Gasteiger charge is 2.08. The number of nitrogens with one attached hydrogen (secondary N) is 2. The van der Waals surface area contributed by atoms with Crippen molar-refractivity contribution in [3.63, 3.8) is 0 Å². The highest BCUT2D eigenvalue weighted by molar-refractivity contribution is 6.39.